The van der Waals surface area contributed by atoms with Crippen LogP contribution in [0.25, 0.3) is 10.3 Å². The van der Waals surface area contributed by atoms with Crippen molar-refractivity contribution in [1.29, 1.82) is 0 Å². The van der Waals surface area contributed by atoms with Crippen LogP contribution in [0, 0.1) is 5.82 Å². The molecule has 188 valence electrons. The van der Waals surface area contributed by atoms with Gasteiger partial charge in [0.05, 0.1) is 19.2 Å². The van der Waals surface area contributed by atoms with Gasteiger partial charge in [-0.05, 0) is 67.2 Å². The average Bonchev–Trinajstić information content (AvgIpc) is 3.41. The monoisotopic (exact) mass is 527 g/mol. The first kappa shape index (κ1) is 24.7. The molecule has 0 atom stereocenters. The van der Waals surface area contributed by atoms with E-state index >= 15 is 0 Å². The fraction of sp³-hybridized carbons (Fsp3) is 0.333. The molecule has 0 bridgehead atoms. The smallest absolute Gasteiger partial charge is 0.346 e. The molecule has 0 saturated carbocycles. The zero-order valence-electron chi connectivity index (χ0n) is 20.1. The summed E-state index contributed by atoms with van der Waals surface area (Å²) in [6.45, 7) is 2.54. The van der Waals surface area contributed by atoms with Crippen LogP contribution in [0.15, 0.2) is 42.5 Å². The maximum atomic E-state index is 14.6. The van der Waals surface area contributed by atoms with E-state index in [9.17, 15) is 14.3 Å². The normalized spacial score (nSPS) is 15.0. The van der Waals surface area contributed by atoms with Gasteiger partial charge in [-0.25, -0.2) is 14.2 Å². The third-order valence-corrected chi connectivity index (χ3v) is 8.29. The summed E-state index contributed by atoms with van der Waals surface area (Å²) in [6, 6.07) is 12.6. The third-order valence-electron chi connectivity index (χ3n) is 7.05. The van der Waals surface area contributed by atoms with E-state index in [0.717, 1.165) is 53.4 Å². The Morgan fingerprint density at radius 2 is 2.03 bits per heavy atom. The largest absolute Gasteiger partial charge is 0.496 e. The molecule has 1 N–H and O–H groups in total. The predicted molar refractivity (Wildman–Crippen MR) is 140 cm³/mol. The number of piperidine rings is 1. The van der Waals surface area contributed by atoms with E-state index in [2.05, 4.69) is 11.0 Å². The van der Waals surface area contributed by atoms with E-state index in [1.54, 1.807) is 25.3 Å². The van der Waals surface area contributed by atoms with E-state index in [4.69, 9.17) is 21.3 Å². The SMILES string of the molecule is COc1cccc(C2CCN(Cc3nc4sc(C(=O)O)cc4n3C)CC2)c1Cc1ccc(Cl)cc1F. The van der Waals surface area contributed by atoms with Gasteiger partial charge in [0, 0.05) is 24.1 Å². The number of carboxylic acids is 1. The zero-order chi connectivity index (χ0) is 25.4. The molecule has 2 aromatic carbocycles. The highest BCUT2D eigenvalue weighted by molar-refractivity contribution is 7.20. The number of carbonyl (C=O) groups is 1. The van der Waals surface area contributed by atoms with Crippen molar-refractivity contribution < 1.29 is 19.0 Å². The Morgan fingerprint density at radius 1 is 1.25 bits per heavy atom. The Kier molecular flexibility index (Phi) is 7.01. The second-order valence-electron chi connectivity index (χ2n) is 9.18. The average molecular weight is 528 g/mol. The van der Waals surface area contributed by atoms with Gasteiger partial charge in [0.25, 0.3) is 0 Å². The number of imidazole rings is 1. The Morgan fingerprint density at radius 3 is 2.69 bits per heavy atom. The highest BCUT2D eigenvalue weighted by Gasteiger charge is 2.26. The van der Waals surface area contributed by atoms with E-state index in [1.807, 2.05) is 23.7 Å². The zero-order valence-corrected chi connectivity index (χ0v) is 21.7. The molecule has 1 aliphatic rings. The van der Waals surface area contributed by atoms with E-state index in [-0.39, 0.29) is 5.82 Å². The van der Waals surface area contributed by atoms with Crippen LogP contribution in [0.3, 0.4) is 0 Å². The molecule has 6 nitrogen and oxygen atoms in total. The van der Waals surface area contributed by atoms with Gasteiger partial charge in [0.2, 0.25) is 0 Å². The lowest BCUT2D eigenvalue weighted by Gasteiger charge is -2.33. The van der Waals surface area contributed by atoms with E-state index in [0.29, 0.717) is 34.3 Å². The van der Waals surface area contributed by atoms with Crippen LogP contribution in [-0.4, -0.2) is 45.7 Å². The Balaban J connectivity index is 1.31. The molecule has 0 amide bonds. The molecule has 9 heteroatoms. The van der Waals surface area contributed by atoms with Crippen LogP contribution in [0.4, 0.5) is 4.39 Å². The number of aryl methyl sites for hydroxylation is 1. The van der Waals surface area contributed by atoms with Crippen LogP contribution < -0.4 is 4.74 Å². The number of fused-ring (bicyclic) bond motifs is 1. The molecule has 1 fully saturated rings. The van der Waals surface area contributed by atoms with Crippen molar-refractivity contribution in [2.45, 2.75) is 31.7 Å². The number of ether oxygens (including phenoxy) is 1. The van der Waals surface area contributed by atoms with E-state index in [1.165, 1.54) is 23.0 Å². The molecule has 1 aliphatic heterocycles. The number of halogens is 2. The number of benzene rings is 2. The summed E-state index contributed by atoms with van der Waals surface area (Å²) in [5.41, 5.74) is 3.70. The number of rotatable bonds is 7. The van der Waals surface area contributed by atoms with Gasteiger partial charge < -0.3 is 14.4 Å². The number of aromatic nitrogens is 2. The maximum Gasteiger partial charge on any atom is 0.346 e. The summed E-state index contributed by atoms with van der Waals surface area (Å²) in [6.07, 6.45) is 2.40. The predicted octanol–water partition coefficient (Wildman–Crippen LogP) is 6.10. The van der Waals surface area contributed by atoms with Gasteiger partial charge in [-0.3, -0.25) is 4.90 Å². The molecule has 0 aliphatic carbocycles. The van der Waals surface area contributed by atoms with Gasteiger partial charge in [-0.2, -0.15) is 0 Å². The third kappa shape index (κ3) is 4.85. The minimum Gasteiger partial charge on any atom is -0.496 e. The summed E-state index contributed by atoms with van der Waals surface area (Å²) in [5.74, 6) is 0.840. The molecule has 0 spiro atoms. The lowest BCUT2D eigenvalue weighted by molar-refractivity contribution is 0.0702. The Bertz CT molecular complexity index is 1430. The van der Waals surface area contributed by atoms with Crippen molar-refractivity contribution in [2.75, 3.05) is 20.2 Å². The molecule has 0 radical (unpaired) electrons. The first-order valence-corrected chi connectivity index (χ1v) is 13.0. The highest BCUT2D eigenvalue weighted by Crippen LogP contribution is 2.37. The van der Waals surface area contributed by atoms with Gasteiger partial charge in [-0.1, -0.05) is 29.8 Å². The molecule has 5 rings (SSSR count). The minimum absolute atomic E-state index is 0.306. The fourth-order valence-corrected chi connectivity index (χ4v) is 6.15. The number of aromatic carboxylic acids is 1. The molecule has 2 aromatic heterocycles. The van der Waals surface area contributed by atoms with Gasteiger partial charge in [0.15, 0.2) is 0 Å². The van der Waals surface area contributed by atoms with E-state index < -0.39 is 5.97 Å². The first-order chi connectivity index (χ1) is 17.3. The van der Waals surface area contributed by atoms with Crippen molar-refractivity contribution in [2.24, 2.45) is 7.05 Å². The Labute approximate surface area is 217 Å². The Hall–Kier alpha value is -2.94. The number of hydrogen-bond donors (Lipinski definition) is 1. The van der Waals surface area contributed by atoms with Gasteiger partial charge in [-0.15, -0.1) is 11.3 Å². The lowest BCUT2D eigenvalue weighted by Crippen LogP contribution is -2.33. The molecule has 36 heavy (non-hydrogen) atoms. The van der Waals surface area contributed by atoms with Crippen LogP contribution in [-0.2, 0) is 20.0 Å². The summed E-state index contributed by atoms with van der Waals surface area (Å²) in [7, 11) is 3.59. The van der Waals surface area contributed by atoms with Crippen LogP contribution in [0.2, 0.25) is 5.02 Å². The molecule has 3 heterocycles. The fourth-order valence-electron chi connectivity index (χ4n) is 5.07. The standard InChI is InChI=1S/C27H27ClFN3O3S/c1-31-22-14-24(27(33)34)36-26(22)30-25(31)15-32-10-8-16(9-11-32)19-4-3-5-23(35-2)20(19)12-17-6-7-18(28)13-21(17)29/h3-7,13-14,16H,8-12,15H2,1-2H3,(H,33,34). The summed E-state index contributed by atoms with van der Waals surface area (Å²) >= 11 is 7.16. The second-order valence-corrected chi connectivity index (χ2v) is 10.7. The number of likely N-dealkylation sites (tertiary alicyclic amines) is 1. The van der Waals surface area contributed by atoms with Crippen LogP contribution in [0.1, 0.15) is 50.9 Å². The topological polar surface area (TPSA) is 67.6 Å². The van der Waals surface area contributed by atoms with Crippen molar-refractivity contribution in [3.8, 4) is 5.75 Å². The number of hydrogen-bond acceptors (Lipinski definition) is 5. The second kappa shape index (κ2) is 10.2. The number of thiophene rings is 1. The summed E-state index contributed by atoms with van der Waals surface area (Å²) in [5, 5.41) is 9.62. The maximum absolute atomic E-state index is 14.6. The number of carboxylic acid groups (broad SMARTS) is 1. The van der Waals surface area contributed by atoms with Crippen molar-refractivity contribution in [3.63, 3.8) is 0 Å². The minimum atomic E-state index is -0.919. The highest BCUT2D eigenvalue weighted by atomic mass is 35.5. The number of nitrogens with zero attached hydrogens (tertiary/aromatic N) is 3. The molecular formula is C27H27ClFN3O3S. The van der Waals surface area contributed by atoms with Crippen LogP contribution in [0.5, 0.6) is 5.75 Å². The van der Waals surface area contributed by atoms with Crippen molar-refractivity contribution >= 4 is 39.3 Å². The van der Waals surface area contributed by atoms with Gasteiger partial charge in [0.1, 0.15) is 27.1 Å². The van der Waals surface area contributed by atoms with Crippen molar-refractivity contribution in [3.05, 3.63) is 80.7 Å². The molecule has 1 saturated heterocycles. The quantitative estimate of drug-likeness (QED) is 0.314. The summed E-state index contributed by atoms with van der Waals surface area (Å²) < 4.78 is 22.2. The molecule has 0 unspecified atom stereocenters. The molecule has 4 aromatic rings. The van der Waals surface area contributed by atoms with Crippen LogP contribution >= 0.6 is 22.9 Å². The number of methoxy groups -OCH3 is 1. The first-order valence-electron chi connectivity index (χ1n) is 11.8. The van der Waals surface area contributed by atoms with Gasteiger partial charge >= 0.3 is 5.97 Å². The lowest BCUT2D eigenvalue weighted by atomic mass is 9.84. The van der Waals surface area contributed by atoms with Crippen molar-refractivity contribution in [1.82, 2.24) is 14.5 Å². The molecular weight excluding hydrogens is 501 g/mol. The summed E-state index contributed by atoms with van der Waals surface area (Å²) in [4.78, 5) is 19.4.